The second-order valence-corrected chi connectivity index (χ2v) is 6.31. The third-order valence-electron chi connectivity index (χ3n) is 4.10. The highest BCUT2D eigenvalue weighted by atomic mass is 79.9. The van der Waals surface area contributed by atoms with Crippen LogP contribution in [0.4, 0.5) is 0 Å². The lowest BCUT2D eigenvalue weighted by Gasteiger charge is -2.35. The quantitative estimate of drug-likeness (QED) is 0.831. The van der Waals surface area contributed by atoms with Gasteiger partial charge in [0.15, 0.2) is 0 Å². The second kappa shape index (κ2) is 6.56. The largest absolute Gasteiger partial charge is 0.351 e. The van der Waals surface area contributed by atoms with Gasteiger partial charge in [-0.25, -0.2) is 0 Å². The van der Waals surface area contributed by atoms with Crippen molar-refractivity contribution < 1.29 is 4.79 Å². The highest BCUT2D eigenvalue weighted by Gasteiger charge is 2.31. The molecule has 2 rings (SSSR count). The molecule has 0 radical (unpaired) electrons. The van der Waals surface area contributed by atoms with Crippen molar-refractivity contribution in [1.82, 2.24) is 5.32 Å². The monoisotopic (exact) mass is 323 g/mol. The van der Waals surface area contributed by atoms with Gasteiger partial charge in [-0.2, -0.15) is 0 Å². The number of halogens is 1. The normalized spacial score (nSPS) is 18.0. The molecule has 1 saturated carbocycles. The first-order valence-electron chi connectivity index (χ1n) is 7.06. The van der Waals surface area contributed by atoms with Gasteiger partial charge in [0, 0.05) is 17.4 Å². The number of nitrogens with one attached hydrogen (secondary N) is 1. The zero-order chi connectivity index (χ0) is 13.7. The van der Waals surface area contributed by atoms with Gasteiger partial charge < -0.3 is 5.32 Å². The van der Waals surface area contributed by atoms with Crippen LogP contribution in [0.1, 0.15) is 48.0 Å². The van der Waals surface area contributed by atoms with Crippen molar-refractivity contribution >= 4 is 21.8 Å². The molecule has 0 bridgehead atoms. The third kappa shape index (κ3) is 3.82. The van der Waals surface area contributed by atoms with Gasteiger partial charge in [0.2, 0.25) is 0 Å². The van der Waals surface area contributed by atoms with Gasteiger partial charge in [0.05, 0.1) is 0 Å². The molecule has 0 aromatic heterocycles. The Hall–Kier alpha value is -0.830. The fourth-order valence-corrected chi connectivity index (χ4v) is 3.57. The summed E-state index contributed by atoms with van der Waals surface area (Å²) in [6, 6.07) is 7.77. The molecule has 1 N–H and O–H groups in total. The van der Waals surface area contributed by atoms with E-state index in [1.54, 1.807) is 0 Å². The Labute approximate surface area is 124 Å². The van der Waals surface area contributed by atoms with Crippen molar-refractivity contribution in [3.05, 3.63) is 35.4 Å². The molecule has 1 amide bonds. The highest BCUT2D eigenvalue weighted by molar-refractivity contribution is 9.09. The SMILES string of the molecule is Cc1cccc(C(=O)NCC2(CBr)CCCCC2)c1. The molecule has 1 aromatic carbocycles. The average molecular weight is 324 g/mol. The Morgan fingerprint density at radius 1 is 1.32 bits per heavy atom. The third-order valence-corrected chi connectivity index (χ3v) is 5.29. The molecule has 1 aliphatic rings. The summed E-state index contributed by atoms with van der Waals surface area (Å²) in [6.07, 6.45) is 6.33. The molecule has 19 heavy (non-hydrogen) atoms. The number of carbonyl (C=O) groups excluding carboxylic acids is 1. The molecule has 0 saturated heterocycles. The van der Waals surface area contributed by atoms with Crippen LogP contribution in [0, 0.1) is 12.3 Å². The van der Waals surface area contributed by atoms with Gasteiger partial charge >= 0.3 is 0 Å². The topological polar surface area (TPSA) is 29.1 Å². The first-order chi connectivity index (χ1) is 9.15. The summed E-state index contributed by atoms with van der Waals surface area (Å²) >= 11 is 3.63. The van der Waals surface area contributed by atoms with Gasteiger partial charge in [-0.15, -0.1) is 0 Å². The Bertz CT molecular complexity index is 438. The summed E-state index contributed by atoms with van der Waals surface area (Å²) in [5.41, 5.74) is 2.15. The Kier molecular flexibility index (Phi) is 5.03. The lowest BCUT2D eigenvalue weighted by molar-refractivity contribution is 0.0922. The van der Waals surface area contributed by atoms with Crippen LogP contribution in [0.5, 0.6) is 0 Å². The van der Waals surface area contributed by atoms with Crippen LogP contribution in [-0.2, 0) is 0 Å². The van der Waals surface area contributed by atoms with Crippen LogP contribution in [0.3, 0.4) is 0 Å². The fourth-order valence-electron chi connectivity index (χ4n) is 2.82. The number of carbonyl (C=O) groups is 1. The average Bonchev–Trinajstić information content (AvgIpc) is 2.46. The first kappa shape index (κ1) is 14.6. The van der Waals surface area contributed by atoms with E-state index in [0.29, 0.717) is 0 Å². The summed E-state index contributed by atoms with van der Waals surface area (Å²) in [4.78, 5) is 12.2. The molecule has 0 atom stereocenters. The first-order valence-corrected chi connectivity index (χ1v) is 8.18. The fraction of sp³-hybridized carbons (Fsp3) is 0.562. The van der Waals surface area contributed by atoms with Crippen molar-refractivity contribution in [3.8, 4) is 0 Å². The van der Waals surface area contributed by atoms with E-state index in [-0.39, 0.29) is 11.3 Å². The summed E-state index contributed by atoms with van der Waals surface area (Å²) < 4.78 is 0. The van der Waals surface area contributed by atoms with Crippen LogP contribution >= 0.6 is 15.9 Å². The number of rotatable bonds is 4. The minimum absolute atomic E-state index is 0.0506. The standard InChI is InChI=1S/C16H22BrNO/c1-13-6-5-7-14(10-13)15(19)18-12-16(11-17)8-3-2-4-9-16/h5-7,10H,2-4,8-9,11-12H2,1H3,(H,18,19). The maximum atomic E-state index is 12.2. The predicted octanol–water partition coefficient (Wildman–Crippen LogP) is 4.07. The van der Waals surface area contributed by atoms with Gasteiger partial charge in [-0.05, 0) is 37.3 Å². The molecule has 104 valence electrons. The maximum absolute atomic E-state index is 12.2. The van der Waals surface area contributed by atoms with E-state index < -0.39 is 0 Å². The molecule has 1 aliphatic carbocycles. The van der Waals surface area contributed by atoms with E-state index in [1.165, 1.54) is 32.1 Å². The summed E-state index contributed by atoms with van der Waals surface area (Å²) in [6.45, 7) is 2.79. The van der Waals surface area contributed by atoms with Crippen LogP contribution in [-0.4, -0.2) is 17.8 Å². The molecule has 1 fully saturated rings. The Morgan fingerprint density at radius 3 is 2.68 bits per heavy atom. The second-order valence-electron chi connectivity index (χ2n) is 5.75. The molecule has 0 aliphatic heterocycles. The minimum atomic E-state index is 0.0506. The lowest BCUT2D eigenvalue weighted by Crippen LogP contribution is -2.40. The van der Waals surface area contributed by atoms with Gasteiger partial charge in [-0.3, -0.25) is 4.79 Å². The number of alkyl halides is 1. The van der Waals surface area contributed by atoms with E-state index in [0.717, 1.165) is 23.0 Å². The maximum Gasteiger partial charge on any atom is 0.251 e. The summed E-state index contributed by atoms with van der Waals surface area (Å²) in [5, 5.41) is 4.10. The number of amides is 1. The zero-order valence-electron chi connectivity index (χ0n) is 11.5. The molecule has 0 unspecified atom stereocenters. The van der Waals surface area contributed by atoms with E-state index in [4.69, 9.17) is 0 Å². The van der Waals surface area contributed by atoms with Crippen LogP contribution < -0.4 is 5.32 Å². The minimum Gasteiger partial charge on any atom is -0.351 e. The Morgan fingerprint density at radius 2 is 2.05 bits per heavy atom. The van der Waals surface area contributed by atoms with Gasteiger partial charge in [0.25, 0.3) is 5.91 Å². The lowest BCUT2D eigenvalue weighted by atomic mass is 9.75. The predicted molar refractivity (Wildman–Crippen MR) is 82.8 cm³/mol. The number of hydrogen-bond acceptors (Lipinski definition) is 1. The van der Waals surface area contributed by atoms with Crippen molar-refractivity contribution in [2.24, 2.45) is 5.41 Å². The summed E-state index contributed by atoms with van der Waals surface area (Å²) in [5.74, 6) is 0.0506. The molecular formula is C16H22BrNO. The van der Waals surface area contributed by atoms with Gasteiger partial charge in [0.1, 0.15) is 0 Å². The van der Waals surface area contributed by atoms with Crippen LogP contribution in [0.15, 0.2) is 24.3 Å². The van der Waals surface area contributed by atoms with Crippen molar-refractivity contribution in [3.63, 3.8) is 0 Å². The number of aryl methyl sites for hydroxylation is 1. The molecule has 0 heterocycles. The molecule has 0 spiro atoms. The number of hydrogen-bond donors (Lipinski definition) is 1. The smallest absolute Gasteiger partial charge is 0.251 e. The van der Waals surface area contributed by atoms with Crippen LogP contribution in [0.25, 0.3) is 0 Å². The Balaban J connectivity index is 1.95. The van der Waals surface area contributed by atoms with Crippen molar-refractivity contribution in [2.45, 2.75) is 39.0 Å². The van der Waals surface area contributed by atoms with Crippen molar-refractivity contribution in [1.29, 1.82) is 0 Å². The molecular weight excluding hydrogens is 302 g/mol. The number of benzene rings is 1. The summed E-state index contributed by atoms with van der Waals surface area (Å²) in [7, 11) is 0. The molecule has 1 aromatic rings. The zero-order valence-corrected chi connectivity index (χ0v) is 13.1. The van der Waals surface area contributed by atoms with E-state index in [2.05, 4.69) is 21.2 Å². The highest BCUT2D eigenvalue weighted by Crippen LogP contribution is 2.37. The van der Waals surface area contributed by atoms with E-state index in [1.807, 2.05) is 31.2 Å². The van der Waals surface area contributed by atoms with E-state index in [9.17, 15) is 4.79 Å². The molecule has 3 heteroatoms. The molecule has 2 nitrogen and oxygen atoms in total. The van der Waals surface area contributed by atoms with Crippen LogP contribution in [0.2, 0.25) is 0 Å². The van der Waals surface area contributed by atoms with Crippen molar-refractivity contribution in [2.75, 3.05) is 11.9 Å². The van der Waals surface area contributed by atoms with Gasteiger partial charge in [-0.1, -0.05) is 52.9 Å². The van der Waals surface area contributed by atoms with E-state index >= 15 is 0 Å².